The number of aliphatic hydroxyl groups is 1. The summed E-state index contributed by atoms with van der Waals surface area (Å²) in [7, 11) is -4.87. The van der Waals surface area contributed by atoms with Crippen LogP contribution in [0, 0.1) is 23.3 Å². The number of nitrogens with zero attached hydrogens (tertiary/aromatic N) is 4. The van der Waals surface area contributed by atoms with E-state index < -0.39 is 43.9 Å². The number of aliphatic hydroxyl groups excluding tert-OH is 1. The summed E-state index contributed by atoms with van der Waals surface area (Å²) >= 11 is 1.04. The van der Waals surface area contributed by atoms with Crippen molar-refractivity contribution >= 4 is 33.0 Å². The van der Waals surface area contributed by atoms with Crippen LogP contribution in [0.2, 0.25) is 0 Å². The third-order valence-corrected chi connectivity index (χ3v) is 8.09. The van der Waals surface area contributed by atoms with Crippen LogP contribution in [-0.4, -0.2) is 46.6 Å². The van der Waals surface area contributed by atoms with Gasteiger partial charge in [-0.2, -0.15) is 0 Å². The minimum atomic E-state index is -4.87. The number of thiazole rings is 1. The number of benzene rings is 2. The van der Waals surface area contributed by atoms with E-state index in [4.69, 9.17) is 5.11 Å². The van der Waals surface area contributed by atoms with Crippen molar-refractivity contribution in [1.29, 1.82) is 0 Å². The molecular weight excluding hydrogens is 584 g/mol. The van der Waals surface area contributed by atoms with Gasteiger partial charge in [0.05, 0.1) is 34.8 Å². The second-order valence-electron chi connectivity index (χ2n) is 8.33. The third kappa shape index (κ3) is 5.86. The molecule has 0 fully saturated rings. The molecule has 41 heavy (non-hydrogen) atoms. The highest BCUT2D eigenvalue weighted by molar-refractivity contribution is 7.92. The second-order valence-corrected chi connectivity index (χ2v) is 10.9. The number of anilines is 2. The zero-order valence-corrected chi connectivity index (χ0v) is 22.3. The van der Waals surface area contributed by atoms with Gasteiger partial charge in [-0.1, -0.05) is 12.1 Å². The van der Waals surface area contributed by atoms with Crippen LogP contribution in [0.1, 0.15) is 0 Å². The molecule has 210 valence electrons. The quantitative estimate of drug-likeness (QED) is 0.199. The maximum absolute atomic E-state index is 15.9. The first-order valence-corrected chi connectivity index (χ1v) is 14.0. The van der Waals surface area contributed by atoms with E-state index in [2.05, 4.69) is 25.3 Å². The molecule has 5 rings (SSSR count). The second kappa shape index (κ2) is 11.6. The predicted molar refractivity (Wildman–Crippen MR) is 144 cm³/mol. The number of hydrogen-bond donors (Lipinski definition) is 3. The number of halogens is 4. The Bertz CT molecular complexity index is 1830. The van der Waals surface area contributed by atoms with Crippen molar-refractivity contribution in [2.24, 2.45) is 0 Å². The summed E-state index contributed by atoms with van der Waals surface area (Å²) in [6.45, 7) is -0.0144. The molecule has 0 radical (unpaired) electrons. The van der Waals surface area contributed by atoms with E-state index in [1.165, 1.54) is 36.7 Å². The van der Waals surface area contributed by atoms with E-state index in [0.717, 1.165) is 41.8 Å². The normalized spacial score (nSPS) is 11.4. The van der Waals surface area contributed by atoms with Crippen LogP contribution < -0.4 is 10.0 Å². The molecule has 15 heteroatoms. The summed E-state index contributed by atoms with van der Waals surface area (Å²) in [6.07, 6.45) is 3.81. The van der Waals surface area contributed by atoms with Gasteiger partial charge in [-0.25, -0.2) is 40.9 Å². The van der Waals surface area contributed by atoms with E-state index in [1.807, 2.05) is 4.72 Å². The van der Waals surface area contributed by atoms with Crippen LogP contribution in [-0.2, 0) is 10.0 Å². The minimum Gasteiger partial charge on any atom is -0.395 e. The molecule has 3 heterocycles. The molecule has 0 aliphatic carbocycles. The highest BCUT2D eigenvalue weighted by Gasteiger charge is 2.27. The van der Waals surface area contributed by atoms with Crippen molar-refractivity contribution in [3.63, 3.8) is 0 Å². The molecule has 0 atom stereocenters. The Morgan fingerprint density at radius 3 is 2.44 bits per heavy atom. The molecule has 0 saturated carbocycles. The maximum Gasteiger partial charge on any atom is 0.267 e. The van der Waals surface area contributed by atoms with Gasteiger partial charge in [-0.3, -0.25) is 9.71 Å². The van der Waals surface area contributed by atoms with Crippen molar-refractivity contribution in [2.75, 3.05) is 23.2 Å². The first-order valence-electron chi connectivity index (χ1n) is 11.7. The van der Waals surface area contributed by atoms with E-state index >= 15 is 4.39 Å². The summed E-state index contributed by atoms with van der Waals surface area (Å²) in [6, 6.07) is 8.99. The number of aromatic nitrogens is 4. The van der Waals surface area contributed by atoms with Crippen molar-refractivity contribution in [3.05, 3.63) is 90.4 Å². The van der Waals surface area contributed by atoms with Crippen LogP contribution in [0.4, 0.5) is 29.2 Å². The molecule has 0 bridgehead atoms. The molecule has 0 amide bonds. The number of pyridine rings is 1. The van der Waals surface area contributed by atoms with Crippen LogP contribution in [0.25, 0.3) is 32.4 Å². The fourth-order valence-corrected chi connectivity index (χ4v) is 6.02. The third-order valence-electron chi connectivity index (χ3n) is 5.55. The van der Waals surface area contributed by atoms with Gasteiger partial charge in [0.15, 0.2) is 10.7 Å². The molecule has 3 aromatic heterocycles. The van der Waals surface area contributed by atoms with E-state index in [-0.39, 0.29) is 35.4 Å². The lowest BCUT2D eigenvalue weighted by atomic mass is 10.1. The maximum atomic E-state index is 15.9. The molecule has 5 aromatic rings. The molecule has 9 nitrogen and oxygen atoms in total. The first kappa shape index (κ1) is 28.1. The lowest BCUT2D eigenvalue weighted by Crippen LogP contribution is -2.17. The van der Waals surface area contributed by atoms with E-state index in [9.17, 15) is 21.6 Å². The van der Waals surface area contributed by atoms with Gasteiger partial charge in [-0.15, -0.1) is 11.3 Å². The standard InChI is InChI=1S/C26H18F4N6O3S2/c27-15-11-14(12-31-13-15)25-35-22(23(40-25)20-7-8-32-26(34-20)33-9-10-37)16-3-1-6-19(21(16)30)36-41(38,39)24-17(28)4-2-5-18(24)29/h1-8,11-13,36-37H,9-10H2,(H,32,33,34). The molecule has 0 saturated heterocycles. The SMILES string of the molecule is O=S(=O)(Nc1cccc(-c2nc(-c3cncc(F)c3)sc2-c2ccnc(NCCO)n2)c1F)c1c(F)cccc1F. The van der Waals surface area contributed by atoms with Gasteiger partial charge < -0.3 is 10.4 Å². The van der Waals surface area contributed by atoms with E-state index in [1.54, 1.807) is 0 Å². The first-order chi connectivity index (χ1) is 19.7. The Balaban J connectivity index is 1.63. The fourth-order valence-electron chi connectivity index (χ4n) is 3.80. The zero-order valence-electron chi connectivity index (χ0n) is 20.6. The number of nitrogens with one attached hydrogen (secondary N) is 2. The van der Waals surface area contributed by atoms with Gasteiger partial charge in [0, 0.05) is 30.1 Å². The topological polar surface area (TPSA) is 130 Å². The van der Waals surface area contributed by atoms with E-state index in [0.29, 0.717) is 16.1 Å². The highest BCUT2D eigenvalue weighted by atomic mass is 32.2. The van der Waals surface area contributed by atoms with Crippen LogP contribution in [0.15, 0.2) is 72.0 Å². The molecule has 0 aliphatic rings. The van der Waals surface area contributed by atoms with Gasteiger partial charge in [-0.05, 0) is 36.4 Å². The Labute approximate surface area is 234 Å². The number of rotatable bonds is 9. The predicted octanol–water partition coefficient (Wildman–Crippen LogP) is 5.09. The average Bonchev–Trinajstić information content (AvgIpc) is 3.38. The lowest BCUT2D eigenvalue weighted by Gasteiger charge is -2.12. The van der Waals surface area contributed by atoms with Crippen molar-refractivity contribution in [1.82, 2.24) is 19.9 Å². The van der Waals surface area contributed by atoms with Crippen LogP contribution >= 0.6 is 11.3 Å². The minimum absolute atomic E-state index is 0.0247. The summed E-state index contributed by atoms with van der Waals surface area (Å²) in [5.74, 6) is -4.24. The van der Waals surface area contributed by atoms with Crippen molar-refractivity contribution in [3.8, 4) is 32.4 Å². The van der Waals surface area contributed by atoms with Crippen LogP contribution in [0.5, 0.6) is 0 Å². The van der Waals surface area contributed by atoms with Crippen molar-refractivity contribution < 1.29 is 31.1 Å². The monoisotopic (exact) mass is 602 g/mol. The molecular formula is C26H18F4N6O3S2. The summed E-state index contributed by atoms with van der Waals surface area (Å²) in [5.41, 5.74) is -0.155. The zero-order chi connectivity index (χ0) is 29.1. The summed E-state index contributed by atoms with van der Waals surface area (Å²) in [4.78, 5) is 15.9. The Morgan fingerprint density at radius 2 is 1.71 bits per heavy atom. The number of hydrogen-bond acceptors (Lipinski definition) is 9. The van der Waals surface area contributed by atoms with Crippen LogP contribution in [0.3, 0.4) is 0 Å². The average molecular weight is 603 g/mol. The molecule has 0 aliphatic heterocycles. The summed E-state index contributed by atoms with van der Waals surface area (Å²) in [5, 5.41) is 12.2. The molecule has 0 unspecified atom stereocenters. The summed E-state index contributed by atoms with van der Waals surface area (Å²) < 4.78 is 85.8. The largest absolute Gasteiger partial charge is 0.395 e. The Kier molecular flexibility index (Phi) is 7.92. The van der Waals surface area contributed by atoms with Gasteiger partial charge in [0.25, 0.3) is 10.0 Å². The van der Waals surface area contributed by atoms with Gasteiger partial charge in [0.2, 0.25) is 5.95 Å². The van der Waals surface area contributed by atoms with Gasteiger partial charge in [0.1, 0.15) is 22.5 Å². The van der Waals surface area contributed by atoms with Crippen molar-refractivity contribution in [2.45, 2.75) is 4.90 Å². The van der Waals surface area contributed by atoms with Gasteiger partial charge >= 0.3 is 0 Å². The number of sulfonamides is 1. The Morgan fingerprint density at radius 1 is 0.951 bits per heavy atom. The highest BCUT2D eigenvalue weighted by Crippen LogP contribution is 2.42. The molecule has 2 aromatic carbocycles. The Hall–Kier alpha value is -4.47. The fraction of sp³-hybridized carbons (Fsp3) is 0.0769. The lowest BCUT2D eigenvalue weighted by molar-refractivity contribution is 0.311. The molecule has 3 N–H and O–H groups in total. The molecule has 0 spiro atoms. The smallest absolute Gasteiger partial charge is 0.267 e.